The molecule has 3 rings (SSSR count). The average Bonchev–Trinajstić information content (AvgIpc) is 2.84. The van der Waals surface area contributed by atoms with Crippen molar-refractivity contribution in [2.75, 3.05) is 12.4 Å². The normalized spacial score (nSPS) is 20.3. The highest BCUT2D eigenvalue weighted by Crippen LogP contribution is 2.34. The zero-order chi connectivity index (χ0) is 24.6. The highest BCUT2D eigenvalue weighted by atomic mass is 32.2. The van der Waals surface area contributed by atoms with Crippen LogP contribution in [-0.4, -0.2) is 29.9 Å². The lowest BCUT2D eigenvalue weighted by molar-refractivity contribution is -0.107. The number of thioether (sulfide) groups is 1. The van der Waals surface area contributed by atoms with E-state index in [0.717, 1.165) is 62.2 Å². The maximum Gasteiger partial charge on any atom is 0.214 e. The third-order valence-corrected chi connectivity index (χ3v) is 7.92. The molecule has 188 valence electrons. The molecule has 4 heteroatoms. The van der Waals surface area contributed by atoms with E-state index in [1.807, 2.05) is 6.08 Å². The predicted octanol–water partition coefficient (Wildman–Crippen LogP) is 8.14. The Balaban J connectivity index is 0.000000720. The molecule has 2 saturated carbocycles. The van der Waals surface area contributed by atoms with Gasteiger partial charge < -0.3 is 4.74 Å². The van der Waals surface area contributed by atoms with Gasteiger partial charge in [-0.15, -0.1) is 0 Å². The van der Waals surface area contributed by atoms with E-state index in [2.05, 4.69) is 37.8 Å². The summed E-state index contributed by atoms with van der Waals surface area (Å²) in [6, 6.07) is 8.56. The first-order valence-electron chi connectivity index (χ1n) is 13.2. The molecular formula is C30H44O3S. The first-order valence-corrected chi connectivity index (χ1v) is 14.1. The second-order valence-electron chi connectivity index (χ2n) is 9.87. The summed E-state index contributed by atoms with van der Waals surface area (Å²) in [6.45, 7) is 8.60. The second kappa shape index (κ2) is 16.9. The molecule has 0 N–H and O–H groups in total. The number of rotatable bonds is 12. The van der Waals surface area contributed by atoms with E-state index in [4.69, 9.17) is 4.74 Å². The lowest BCUT2D eigenvalue weighted by atomic mass is 9.82. The molecule has 0 spiro atoms. The molecule has 0 heterocycles. The summed E-state index contributed by atoms with van der Waals surface area (Å²) >= 11 is 1.39. The minimum absolute atomic E-state index is 0.120. The van der Waals surface area contributed by atoms with Crippen molar-refractivity contribution in [3.63, 3.8) is 0 Å². The maximum absolute atomic E-state index is 11.4. The van der Waals surface area contributed by atoms with Gasteiger partial charge in [-0.25, -0.2) is 0 Å². The molecule has 0 unspecified atom stereocenters. The van der Waals surface area contributed by atoms with Crippen LogP contribution in [0.5, 0.6) is 0 Å². The monoisotopic (exact) mass is 484 g/mol. The standard InChI is InChI=1S/C25H34O3S.C5H10/c1-20(2)25(27)29-19-6-4-3-5-18-28-24-15-13-23(14-16-24)22-11-9-21(10-12-22)8-7-17-26;1-5-3-2-4-5/h7-12,17,23-24H,1,3-6,13-16,18-19H2,2H3;5H,2-4H2,1H3/b8-7+;. The van der Waals surface area contributed by atoms with Crippen molar-refractivity contribution in [2.24, 2.45) is 5.92 Å². The van der Waals surface area contributed by atoms with E-state index in [-0.39, 0.29) is 5.12 Å². The Morgan fingerprint density at radius 1 is 1.03 bits per heavy atom. The van der Waals surface area contributed by atoms with Crippen LogP contribution in [0.4, 0.5) is 0 Å². The fourth-order valence-corrected chi connectivity index (χ4v) is 5.08. The summed E-state index contributed by atoms with van der Waals surface area (Å²) in [5.74, 6) is 2.58. The molecule has 2 fully saturated rings. The van der Waals surface area contributed by atoms with E-state index < -0.39 is 0 Å². The van der Waals surface area contributed by atoms with Crippen LogP contribution < -0.4 is 0 Å². The zero-order valence-corrected chi connectivity index (χ0v) is 22.1. The second-order valence-corrected chi connectivity index (χ2v) is 10.9. The molecular weight excluding hydrogens is 440 g/mol. The van der Waals surface area contributed by atoms with Crippen LogP contribution in [0.1, 0.15) is 102 Å². The molecule has 2 aliphatic carbocycles. The van der Waals surface area contributed by atoms with Gasteiger partial charge in [0.2, 0.25) is 5.12 Å². The topological polar surface area (TPSA) is 43.4 Å². The van der Waals surface area contributed by atoms with Crippen molar-refractivity contribution in [3.8, 4) is 0 Å². The first kappa shape index (κ1) is 28.6. The van der Waals surface area contributed by atoms with Gasteiger partial charge in [0.25, 0.3) is 0 Å². The molecule has 0 aliphatic heterocycles. The number of aldehydes is 1. The SMILES string of the molecule is C=C(C)C(=O)SCCCCCCOC1CCC(c2ccc(/C=C/C=O)cc2)CC1.CC1CCC1. The molecule has 1 aromatic carbocycles. The molecule has 2 aliphatic rings. The van der Waals surface area contributed by atoms with E-state index >= 15 is 0 Å². The summed E-state index contributed by atoms with van der Waals surface area (Å²) in [5, 5.41) is 0.120. The minimum Gasteiger partial charge on any atom is -0.378 e. The summed E-state index contributed by atoms with van der Waals surface area (Å²) in [6.07, 6.45) is 18.2. The van der Waals surface area contributed by atoms with Crippen molar-refractivity contribution in [2.45, 2.75) is 96.5 Å². The van der Waals surface area contributed by atoms with E-state index in [1.54, 1.807) is 6.92 Å². The van der Waals surface area contributed by atoms with Gasteiger partial charge in [0.05, 0.1) is 6.10 Å². The number of allylic oxidation sites excluding steroid dienone is 1. The van der Waals surface area contributed by atoms with Crippen LogP contribution in [0.3, 0.4) is 0 Å². The van der Waals surface area contributed by atoms with Crippen LogP contribution >= 0.6 is 11.8 Å². The van der Waals surface area contributed by atoms with Crippen molar-refractivity contribution < 1.29 is 14.3 Å². The van der Waals surface area contributed by atoms with Gasteiger partial charge in [-0.3, -0.25) is 9.59 Å². The van der Waals surface area contributed by atoms with Crippen LogP contribution in [0.2, 0.25) is 0 Å². The van der Waals surface area contributed by atoms with Crippen molar-refractivity contribution >= 4 is 29.2 Å². The Morgan fingerprint density at radius 3 is 2.24 bits per heavy atom. The largest absolute Gasteiger partial charge is 0.378 e. The van der Waals surface area contributed by atoms with Crippen LogP contribution in [0.15, 0.2) is 42.5 Å². The Morgan fingerprint density at radius 2 is 1.68 bits per heavy atom. The summed E-state index contributed by atoms with van der Waals surface area (Å²) in [7, 11) is 0. The van der Waals surface area contributed by atoms with Gasteiger partial charge in [-0.1, -0.05) is 87.7 Å². The quantitative estimate of drug-likeness (QED) is 0.171. The lowest BCUT2D eigenvalue weighted by Gasteiger charge is -2.29. The molecule has 34 heavy (non-hydrogen) atoms. The number of carbonyl (C=O) groups excluding carboxylic acids is 2. The zero-order valence-electron chi connectivity index (χ0n) is 21.3. The number of hydrogen-bond acceptors (Lipinski definition) is 4. The molecule has 0 radical (unpaired) electrons. The fourth-order valence-electron chi connectivity index (χ4n) is 4.30. The van der Waals surface area contributed by atoms with Crippen molar-refractivity contribution in [3.05, 3.63) is 53.6 Å². The maximum atomic E-state index is 11.4. The Labute approximate surface area is 211 Å². The Kier molecular flexibility index (Phi) is 14.2. The van der Waals surface area contributed by atoms with Crippen LogP contribution in [0, 0.1) is 5.92 Å². The molecule has 0 amide bonds. The molecule has 0 saturated heterocycles. The summed E-state index contributed by atoms with van der Waals surface area (Å²) in [4.78, 5) is 21.9. The van der Waals surface area contributed by atoms with Gasteiger partial charge in [0.15, 0.2) is 0 Å². The van der Waals surface area contributed by atoms with Gasteiger partial charge in [0, 0.05) is 12.4 Å². The fraction of sp³-hybridized carbons (Fsp3) is 0.600. The summed E-state index contributed by atoms with van der Waals surface area (Å²) < 4.78 is 6.09. The van der Waals surface area contributed by atoms with E-state index in [0.29, 0.717) is 17.6 Å². The lowest BCUT2D eigenvalue weighted by Crippen LogP contribution is -2.21. The molecule has 0 atom stereocenters. The molecule has 0 bridgehead atoms. The van der Waals surface area contributed by atoms with E-state index in [1.165, 1.54) is 61.9 Å². The van der Waals surface area contributed by atoms with Gasteiger partial charge in [0.1, 0.15) is 6.29 Å². The van der Waals surface area contributed by atoms with Gasteiger partial charge in [-0.05, 0) is 80.1 Å². The number of carbonyl (C=O) groups is 2. The number of unbranched alkanes of at least 4 members (excludes halogenated alkanes) is 3. The van der Waals surface area contributed by atoms with E-state index in [9.17, 15) is 9.59 Å². The third-order valence-electron chi connectivity index (χ3n) is 6.82. The molecule has 0 aromatic heterocycles. The van der Waals surface area contributed by atoms with Crippen molar-refractivity contribution in [1.29, 1.82) is 0 Å². The number of benzene rings is 1. The first-order chi connectivity index (χ1) is 16.5. The minimum atomic E-state index is 0.120. The third kappa shape index (κ3) is 11.7. The van der Waals surface area contributed by atoms with Crippen LogP contribution in [-0.2, 0) is 14.3 Å². The predicted molar refractivity (Wildman–Crippen MR) is 146 cm³/mol. The molecule has 3 nitrogen and oxygen atoms in total. The highest BCUT2D eigenvalue weighted by molar-refractivity contribution is 8.14. The van der Waals surface area contributed by atoms with Gasteiger partial charge in [-0.2, -0.15) is 0 Å². The van der Waals surface area contributed by atoms with Crippen molar-refractivity contribution in [1.82, 2.24) is 0 Å². The number of hydrogen-bond donors (Lipinski definition) is 0. The molecule has 1 aromatic rings. The smallest absolute Gasteiger partial charge is 0.214 e. The summed E-state index contributed by atoms with van der Waals surface area (Å²) in [5.41, 5.74) is 3.11. The Hall–Kier alpha value is -1.65. The average molecular weight is 485 g/mol. The Bertz CT molecular complexity index is 756. The number of ether oxygens (including phenoxy) is 1. The van der Waals surface area contributed by atoms with Crippen LogP contribution in [0.25, 0.3) is 6.08 Å². The van der Waals surface area contributed by atoms with Gasteiger partial charge >= 0.3 is 0 Å². The highest BCUT2D eigenvalue weighted by Gasteiger charge is 2.22.